The average Bonchev–Trinajstić information content (AvgIpc) is 2.87. The summed E-state index contributed by atoms with van der Waals surface area (Å²) in [6.07, 6.45) is 3.48. The van der Waals surface area contributed by atoms with E-state index in [2.05, 4.69) is 27.8 Å². The third-order valence-corrected chi connectivity index (χ3v) is 6.25. The third-order valence-electron chi connectivity index (χ3n) is 6.25. The number of benzene rings is 2. The number of piperidine rings is 1. The molecule has 1 amide bonds. The molecule has 0 radical (unpaired) electrons. The average molecular weight is 442 g/mol. The number of nitrogens with zero attached hydrogens (tertiary/aromatic N) is 3. The maximum absolute atomic E-state index is 13.5. The number of methoxy groups -OCH3 is 1. The van der Waals surface area contributed by atoms with Gasteiger partial charge in [0.25, 0.3) is 5.91 Å². The summed E-state index contributed by atoms with van der Waals surface area (Å²) < 4.78 is 5.44. The second-order valence-electron chi connectivity index (χ2n) is 8.41. The lowest BCUT2D eigenvalue weighted by Gasteiger charge is -2.47. The Hall–Kier alpha value is -3.87. The zero-order chi connectivity index (χ0) is 22.7. The number of nitrogens with one attached hydrogen (secondary N) is 2. The van der Waals surface area contributed by atoms with Crippen molar-refractivity contribution in [2.45, 2.75) is 24.9 Å². The molecule has 1 saturated heterocycles. The third kappa shape index (κ3) is 4.14. The van der Waals surface area contributed by atoms with Crippen molar-refractivity contribution in [1.82, 2.24) is 9.88 Å². The van der Waals surface area contributed by atoms with Gasteiger partial charge in [0.05, 0.1) is 31.5 Å². The number of carbonyl (C=O) groups excluding carboxylic acids is 1. The molecule has 0 unspecified atom stereocenters. The van der Waals surface area contributed by atoms with Crippen molar-refractivity contribution in [3.8, 4) is 5.75 Å². The van der Waals surface area contributed by atoms with E-state index < -0.39 is 5.54 Å². The predicted molar refractivity (Wildman–Crippen MR) is 130 cm³/mol. The van der Waals surface area contributed by atoms with E-state index >= 15 is 0 Å². The SMILES string of the molecule is COc1ccccc1C(=O)N1CCC[C@@]2(C1)Nc1cccnc1NC2=NCc1ccccc1. The normalized spacial score (nSPS) is 20.6. The maximum atomic E-state index is 13.5. The standard InChI is InChI=1S/C26H27N5O2/c1-33-22-13-6-5-11-20(22)24(32)31-16-8-14-26(18-31)25(28-17-19-9-3-2-4-10-19)29-23-21(30-26)12-7-15-27-23/h2-7,9-13,15,30H,8,14,16-18H2,1H3,(H,27,28,29)/t26-/m0/s1. The Labute approximate surface area is 193 Å². The number of fused-ring (bicyclic) bond motifs is 1. The number of hydrogen-bond acceptors (Lipinski definition) is 5. The fraction of sp³-hybridized carbons (Fsp3) is 0.269. The molecule has 0 aliphatic carbocycles. The molecule has 7 nitrogen and oxygen atoms in total. The minimum atomic E-state index is -0.513. The van der Waals surface area contributed by atoms with Crippen LogP contribution in [-0.2, 0) is 6.54 Å². The summed E-state index contributed by atoms with van der Waals surface area (Å²) in [6, 6.07) is 21.5. The van der Waals surface area contributed by atoms with Crippen LogP contribution in [0.5, 0.6) is 5.75 Å². The number of hydrogen-bond donors (Lipinski definition) is 2. The summed E-state index contributed by atoms with van der Waals surface area (Å²) in [5.74, 6) is 2.12. The van der Waals surface area contributed by atoms with Gasteiger partial charge in [-0.2, -0.15) is 0 Å². The Morgan fingerprint density at radius 3 is 2.79 bits per heavy atom. The van der Waals surface area contributed by atoms with Crippen LogP contribution < -0.4 is 15.4 Å². The summed E-state index contributed by atoms with van der Waals surface area (Å²) >= 11 is 0. The first kappa shape index (κ1) is 21.0. The Morgan fingerprint density at radius 1 is 1.12 bits per heavy atom. The van der Waals surface area contributed by atoms with Gasteiger partial charge in [0, 0.05) is 12.7 Å². The largest absolute Gasteiger partial charge is 0.496 e. The number of aliphatic imine (C=N–C) groups is 1. The molecule has 1 aromatic heterocycles. The van der Waals surface area contributed by atoms with Crippen LogP contribution in [0.3, 0.4) is 0 Å². The highest BCUT2D eigenvalue weighted by atomic mass is 16.5. The Balaban J connectivity index is 1.48. The number of amides is 1. The van der Waals surface area contributed by atoms with Gasteiger partial charge in [-0.25, -0.2) is 4.98 Å². The van der Waals surface area contributed by atoms with Gasteiger partial charge in [-0.15, -0.1) is 0 Å². The fourth-order valence-electron chi connectivity index (χ4n) is 4.62. The van der Waals surface area contributed by atoms with Gasteiger partial charge in [-0.1, -0.05) is 42.5 Å². The Morgan fingerprint density at radius 2 is 1.94 bits per heavy atom. The molecular weight excluding hydrogens is 414 g/mol. The van der Waals surface area contributed by atoms with Gasteiger partial charge in [-0.05, 0) is 42.7 Å². The van der Waals surface area contributed by atoms with Crippen molar-refractivity contribution < 1.29 is 9.53 Å². The van der Waals surface area contributed by atoms with Crippen LogP contribution in [0.1, 0.15) is 28.8 Å². The molecule has 1 spiro atoms. The number of anilines is 2. The van der Waals surface area contributed by atoms with Crippen molar-refractivity contribution in [2.24, 2.45) is 4.99 Å². The molecular formula is C26H27N5O2. The highest BCUT2D eigenvalue weighted by molar-refractivity contribution is 6.09. The van der Waals surface area contributed by atoms with Crippen LogP contribution in [0.25, 0.3) is 0 Å². The number of carbonyl (C=O) groups is 1. The zero-order valence-electron chi connectivity index (χ0n) is 18.6. The molecule has 2 aliphatic heterocycles. The molecule has 1 atom stereocenters. The highest BCUT2D eigenvalue weighted by Gasteiger charge is 2.45. The Bertz CT molecular complexity index is 1180. The lowest BCUT2D eigenvalue weighted by molar-refractivity contribution is 0.0691. The lowest BCUT2D eigenvalue weighted by Crippen LogP contribution is -2.62. The van der Waals surface area contributed by atoms with Crippen molar-refractivity contribution in [3.05, 3.63) is 84.1 Å². The van der Waals surface area contributed by atoms with Crippen molar-refractivity contribution >= 4 is 23.2 Å². The molecule has 0 bridgehead atoms. The van der Waals surface area contributed by atoms with Gasteiger partial charge >= 0.3 is 0 Å². The Kier molecular flexibility index (Phi) is 5.69. The molecule has 168 valence electrons. The van der Waals surface area contributed by atoms with E-state index in [0.29, 0.717) is 30.9 Å². The summed E-state index contributed by atoms with van der Waals surface area (Å²) in [6.45, 7) is 1.74. The van der Waals surface area contributed by atoms with Crippen LogP contribution in [0.4, 0.5) is 11.5 Å². The number of ether oxygens (including phenoxy) is 1. The quantitative estimate of drug-likeness (QED) is 0.634. The summed E-state index contributed by atoms with van der Waals surface area (Å²) in [5.41, 5.74) is 2.11. The highest BCUT2D eigenvalue weighted by Crippen LogP contribution is 2.36. The maximum Gasteiger partial charge on any atom is 0.257 e. The van der Waals surface area contributed by atoms with E-state index in [4.69, 9.17) is 9.73 Å². The monoisotopic (exact) mass is 441 g/mol. The molecule has 33 heavy (non-hydrogen) atoms. The van der Waals surface area contributed by atoms with Crippen LogP contribution in [-0.4, -0.2) is 47.4 Å². The summed E-state index contributed by atoms with van der Waals surface area (Å²) in [4.78, 5) is 24.8. The second-order valence-corrected chi connectivity index (χ2v) is 8.41. The molecule has 2 aromatic carbocycles. The molecule has 1 fully saturated rings. The van der Waals surface area contributed by atoms with Crippen LogP contribution in [0, 0.1) is 0 Å². The number of amidine groups is 1. The molecule has 7 heteroatoms. The lowest BCUT2D eigenvalue weighted by atomic mass is 9.85. The second kappa shape index (κ2) is 8.94. The van der Waals surface area contributed by atoms with Crippen LogP contribution in [0.15, 0.2) is 77.9 Å². The number of likely N-dealkylation sites (tertiary alicyclic amines) is 1. The van der Waals surface area contributed by atoms with E-state index in [1.807, 2.05) is 59.5 Å². The zero-order valence-corrected chi connectivity index (χ0v) is 18.6. The molecule has 0 saturated carbocycles. The fourth-order valence-corrected chi connectivity index (χ4v) is 4.62. The smallest absolute Gasteiger partial charge is 0.257 e. The number of aromatic nitrogens is 1. The van der Waals surface area contributed by atoms with E-state index in [0.717, 1.165) is 35.7 Å². The molecule has 5 rings (SSSR count). The van der Waals surface area contributed by atoms with E-state index in [9.17, 15) is 4.79 Å². The first-order valence-electron chi connectivity index (χ1n) is 11.2. The molecule has 2 aliphatic rings. The van der Waals surface area contributed by atoms with Gasteiger partial charge in [0.2, 0.25) is 0 Å². The van der Waals surface area contributed by atoms with Gasteiger partial charge in [-0.3, -0.25) is 9.79 Å². The first-order chi connectivity index (χ1) is 16.2. The number of rotatable bonds is 4. The van der Waals surface area contributed by atoms with Gasteiger partial charge < -0.3 is 20.3 Å². The number of pyridine rings is 1. The molecule has 2 N–H and O–H groups in total. The van der Waals surface area contributed by atoms with Crippen molar-refractivity contribution in [2.75, 3.05) is 30.8 Å². The topological polar surface area (TPSA) is 78.8 Å². The van der Waals surface area contributed by atoms with Crippen LogP contribution >= 0.6 is 0 Å². The summed E-state index contributed by atoms with van der Waals surface area (Å²) in [5, 5.41) is 7.15. The minimum Gasteiger partial charge on any atom is -0.496 e. The van der Waals surface area contributed by atoms with Crippen molar-refractivity contribution in [3.63, 3.8) is 0 Å². The van der Waals surface area contributed by atoms with E-state index in [-0.39, 0.29) is 5.91 Å². The predicted octanol–water partition coefficient (Wildman–Crippen LogP) is 4.20. The molecule has 3 heterocycles. The van der Waals surface area contributed by atoms with Crippen LogP contribution in [0.2, 0.25) is 0 Å². The summed E-state index contributed by atoms with van der Waals surface area (Å²) in [7, 11) is 1.59. The van der Waals surface area contributed by atoms with Gasteiger partial charge in [0.1, 0.15) is 17.1 Å². The van der Waals surface area contributed by atoms with E-state index in [1.54, 1.807) is 13.3 Å². The first-order valence-corrected chi connectivity index (χ1v) is 11.2. The van der Waals surface area contributed by atoms with E-state index in [1.165, 1.54) is 0 Å². The van der Waals surface area contributed by atoms with Gasteiger partial charge in [0.15, 0.2) is 5.82 Å². The molecule has 3 aromatic rings. The van der Waals surface area contributed by atoms with Crippen molar-refractivity contribution in [1.29, 1.82) is 0 Å². The number of para-hydroxylation sites is 1. The minimum absolute atomic E-state index is 0.0345.